The van der Waals surface area contributed by atoms with Crippen LogP contribution in [-0.2, 0) is 9.59 Å². The Hall–Kier alpha value is -1.98. The number of allylic oxidation sites excluding steroid dienone is 5. The van der Waals surface area contributed by atoms with Gasteiger partial charge in [0.15, 0.2) is 0 Å². The second-order valence-corrected chi connectivity index (χ2v) is 6.84. The van der Waals surface area contributed by atoms with Crippen molar-refractivity contribution in [1.82, 2.24) is 0 Å². The molecule has 0 aliphatic heterocycles. The van der Waals surface area contributed by atoms with Gasteiger partial charge in [0.25, 0.3) is 0 Å². The lowest BCUT2D eigenvalue weighted by atomic mass is 9.90. The van der Waals surface area contributed by atoms with Crippen LogP contribution in [0.3, 0.4) is 0 Å². The minimum Gasteiger partial charge on any atom is -0.481 e. The zero-order chi connectivity index (χ0) is 20.1. The monoisotopic (exact) mass is 376 g/mol. The SMILES string of the molecule is CC/C=C\C/C=C\C[C@H](O)/C=C/[C@@H]1[C@@H](O)CC(=O)[C@@H]1C/C=C\CCC(=O)O. The molecule has 0 heterocycles. The number of aliphatic carboxylic acids is 1. The van der Waals surface area contributed by atoms with E-state index < -0.39 is 18.2 Å². The van der Waals surface area contributed by atoms with Crippen molar-refractivity contribution in [1.29, 1.82) is 0 Å². The normalized spacial score (nSPS) is 24.9. The van der Waals surface area contributed by atoms with Gasteiger partial charge in [-0.05, 0) is 32.1 Å². The van der Waals surface area contributed by atoms with Gasteiger partial charge in [-0.3, -0.25) is 9.59 Å². The Morgan fingerprint density at radius 3 is 2.63 bits per heavy atom. The van der Waals surface area contributed by atoms with Crippen LogP contribution in [0.25, 0.3) is 0 Å². The highest BCUT2D eigenvalue weighted by Crippen LogP contribution is 2.33. The first-order valence-electron chi connectivity index (χ1n) is 9.69. The maximum atomic E-state index is 12.1. The van der Waals surface area contributed by atoms with Crippen molar-refractivity contribution in [3.05, 3.63) is 48.6 Å². The average molecular weight is 376 g/mol. The molecule has 0 saturated heterocycles. The fraction of sp³-hybridized carbons (Fsp3) is 0.545. The minimum absolute atomic E-state index is 0.0112. The van der Waals surface area contributed by atoms with Gasteiger partial charge in [0.05, 0.1) is 12.2 Å². The number of carbonyl (C=O) groups excluding carboxylic acids is 1. The van der Waals surface area contributed by atoms with Gasteiger partial charge in [-0.15, -0.1) is 0 Å². The summed E-state index contributed by atoms with van der Waals surface area (Å²) in [7, 11) is 0. The number of Topliss-reactive ketones (excluding diaryl/α,β-unsaturated/α-hetero) is 1. The molecule has 0 spiro atoms. The Labute approximate surface area is 161 Å². The summed E-state index contributed by atoms with van der Waals surface area (Å²) in [5.74, 6) is -1.47. The Bertz CT molecular complexity index is 573. The van der Waals surface area contributed by atoms with E-state index in [0.717, 1.165) is 12.8 Å². The van der Waals surface area contributed by atoms with E-state index in [0.29, 0.717) is 19.3 Å². The van der Waals surface area contributed by atoms with Crippen LogP contribution in [-0.4, -0.2) is 39.3 Å². The maximum absolute atomic E-state index is 12.1. The van der Waals surface area contributed by atoms with Gasteiger partial charge in [0.1, 0.15) is 5.78 Å². The zero-order valence-corrected chi connectivity index (χ0v) is 16.0. The Morgan fingerprint density at radius 1 is 1.19 bits per heavy atom. The van der Waals surface area contributed by atoms with E-state index in [1.165, 1.54) is 0 Å². The second kappa shape index (κ2) is 13.2. The van der Waals surface area contributed by atoms with Gasteiger partial charge in [0.2, 0.25) is 0 Å². The average Bonchev–Trinajstić information content (AvgIpc) is 2.88. The molecule has 3 N–H and O–H groups in total. The molecule has 0 aromatic rings. The summed E-state index contributed by atoms with van der Waals surface area (Å²) in [4.78, 5) is 22.6. The predicted octanol–water partition coefficient (Wildman–Crippen LogP) is 3.58. The first-order valence-corrected chi connectivity index (χ1v) is 9.69. The summed E-state index contributed by atoms with van der Waals surface area (Å²) in [6.45, 7) is 2.08. The van der Waals surface area contributed by atoms with E-state index in [1.54, 1.807) is 18.2 Å². The summed E-state index contributed by atoms with van der Waals surface area (Å²) < 4.78 is 0. The van der Waals surface area contributed by atoms with Crippen molar-refractivity contribution in [2.75, 3.05) is 0 Å². The van der Waals surface area contributed by atoms with Crippen LogP contribution in [0.4, 0.5) is 0 Å². The number of hydrogen-bond acceptors (Lipinski definition) is 4. The van der Waals surface area contributed by atoms with E-state index in [4.69, 9.17) is 5.11 Å². The molecule has 0 bridgehead atoms. The third-order valence-corrected chi connectivity index (χ3v) is 4.59. The third kappa shape index (κ3) is 9.50. The van der Waals surface area contributed by atoms with E-state index in [2.05, 4.69) is 19.1 Å². The van der Waals surface area contributed by atoms with Gasteiger partial charge in [-0.2, -0.15) is 0 Å². The number of hydrogen-bond donors (Lipinski definition) is 3. The van der Waals surface area contributed by atoms with Gasteiger partial charge < -0.3 is 15.3 Å². The molecule has 0 aromatic carbocycles. The first-order chi connectivity index (χ1) is 13.0. The number of aliphatic hydroxyl groups excluding tert-OH is 2. The molecule has 4 atom stereocenters. The van der Waals surface area contributed by atoms with Crippen LogP contribution in [0.1, 0.15) is 51.9 Å². The molecule has 1 aliphatic rings. The summed E-state index contributed by atoms with van der Waals surface area (Å²) in [6.07, 6.45) is 17.1. The van der Waals surface area contributed by atoms with Crippen molar-refractivity contribution in [2.24, 2.45) is 11.8 Å². The molecule has 1 aliphatic carbocycles. The predicted molar refractivity (Wildman–Crippen MR) is 106 cm³/mol. The number of aliphatic hydroxyl groups is 2. The number of ketones is 1. The van der Waals surface area contributed by atoms with Crippen LogP contribution >= 0.6 is 0 Å². The molecule has 1 saturated carbocycles. The van der Waals surface area contributed by atoms with Gasteiger partial charge in [0, 0.05) is 24.7 Å². The Kier molecular flexibility index (Phi) is 11.3. The molecule has 27 heavy (non-hydrogen) atoms. The zero-order valence-electron chi connectivity index (χ0n) is 16.0. The lowest BCUT2D eigenvalue weighted by Crippen LogP contribution is -2.18. The molecule has 0 radical (unpaired) electrons. The van der Waals surface area contributed by atoms with Crippen molar-refractivity contribution in [3.8, 4) is 0 Å². The Balaban J connectivity index is 2.50. The lowest BCUT2D eigenvalue weighted by molar-refractivity contribution is -0.136. The lowest BCUT2D eigenvalue weighted by Gasteiger charge is -2.16. The highest BCUT2D eigenvalue weighted by Gasteiger charge is 2.39. The molecular weight excluding hydrogens is 344 g/mol. The summed E-state index contributed by atoms with van der Waals surface area (Å²) in [5.41, 5.74) is 0. The molecular formula is C22H32O5. The minimum atomic E-state index is -0.850. The van der Waals surface area contributed by atoms with Crippen LogP contribution in [0.2, 0.25) is 0 Å². The summed E-state index contributed by atoms with van der Waals surface area (Å²) in [5, 5.41) is 28.8. The van der Waals surface area contributed by atoms with Crippen molar-refractivity contribution in [2.45, 2.75) is 64.1 Å². The van der Waals surface area contributed by atoms with Crippen molar-refractivity contribution >= 4 is 11.8 Å². The molecule has 5 heteroatoms. The molecule has 150 valence electrons. The van der Waals surface area contributed by atoms with Gasteiger partial charge >= 0.3 is 5.97 Å². The summed E-state index contributed by atoms with van der Waals surface area (Å²) >= 11 is 0. The van der Waals surface area contributed by atoms with E-state index in [-0.39, 0.29) is 30.5 Å². The molecule has 0 amide bonds. The van der Waals surface area contributed by atoms with Crippen LogP contribution < -0.4 is 0 Å². The quantitative estimate of drug-likeness (QED) is 0.453. The van der Waals surface area contributed by atoms with Crippen molar-refractivity contribution < 1.29 is 24.9 Å². The molecule has 1 fully saturated rings. The number of carboxylic acids is 1. The summed E-state index contributed by atoms with van der Waals surface area (Å²) in [6, 6.07) is 0. The van der Waals surface area contributed by atoms with Gasteiger partial charge in [-0.1, -0.05) is 55.5 Å². The highest BCUT2D eigenvalue weighted by molar-refractivity contribution is 5.84. The smallest absolute Gasteiger partial charge is 0.303 e. The molecule has 0 aromatic heterocycles. The second-order valence-electron chi connectivity index (χ2n) is 6.84. The van der Waals surface area contributed by atoms with Crippen LogP contribution in [0, 0.1) is 11.8 Å². The van der Waals surface area contributed by atoms with E-state index in [9.17, 15) is 19.8 Å². The van der Waals surface area contributed by atoms with Crippen LogP contribution in [0.5, 0.6) is 0 Å². The fourth-order valence-corrected chi connectivity index (χ4v) is 3.10. The first kappa shape index (κ1) is 23.1. The fourth-order valence-electron chi connectivity index (χ4n) is 3.10. The number of carboxylic acid groups (broad SMARTS) is 1. The molecule has 5 nitrogen and oxygen atoms in total. The standard InChI is InChI=1S/C22H32O5/c1-2-3-4-5-6-8-11-17(23)14-15-19-18(20(24)16-21(19)25)12-9-7-10-13-22(26)27/h3-4,6-9,14-15,17-19,21,23,25H,2,5,10-13,16H2,1H3,(H,26,27)/b4-3-,8-6-,9-7-,15-14+/t17-,18+,19-,21-/m0/s1. The van der Waals surface area contributed by atoms with Crippen molar-refractivity contribution in [3.63, 3.8) is 0 Å². The van der Waals surface area contributed by atoms with E-state index >= 15 is 0 Å². The van der Waals surface area contributed by atoms with Gasteiger partial charge in [-0.25, -0.2) is 0 Å². The Morgan fingerprint density at radius 2 is 1.93 bits per heavy atom. The third-order valence-electron chi connectivity index (χ3n) is 4.59. The topological polar surface area (TPSA) is 94.8 Å². The molecule has 0 unspecified atom stereocenters. The van der Waals surface area contributed by atoms with E-state index in [1.807, 2.05) is 18.2 Å². The van der Waals surface area contributed by atoms with Crippen LogP contribution in [0.15, 0.2) is 48.6 Å². The number of carbonyl (C=O) groups is 2. The number of rotatable bonds is 12. The largest absolute Gasteiger partial charge is 0.481 e. The maximum Gasteiger partial charge on any atom is 0.303 e. The highest BCUT2D eigenvalue weighted by atomic mass is 16.4. The molecule has 1 rings (SSSR count).